The van der Waals surface area contributed by atoms with Gasteiger partial charge in [-0.15, -0.1) is 0 Å². The number of nitrogens with two attached hydrogens (primary N) is 1. The van der Waals surface area contributed by atoms with E-state index in [2.05, 4.69) is 4.84 Å². The second-order valence-electron chi connectivity index (χ2n) is 2.27. The van der Waals surface area contributed by atoms with E-state index in [1.54, 1.807) is 6.07 Å². The maximum atomic E-state index is 12.9. The van der Waals surface area contributed by atoms with Gasteiger partial charge < -0.3 is 4.74 Å². The molecule has 0 aromatic heterocycles. The summed E-state index contributed by atoms with van der Waals surface area (Å²) in [6.07, 6.45) is 0. The average Bonchev–Trinajstić information content (AvgIpc) is 2.09. The molecule has 66 valence electrons. The van der Waals surface area contributed by atoms with E-state index in [0.29, 0.717) is 11.3 Å². The Morgan fingerprint density at radius 1 is 1.50 bits per heavy atom. The average molecular weight is 171 g/mol. The van der Waals surface area contributed by atoms with Crippen LogP contribution in [0, 0.1) is 5.82 Å². The molecule has 0 spiro atoms. The number of methoxy groups -OCH3 is 1. The lowest BCUT2D eigenvalue weighted by Crippen LogP contribution is -2.01. The number of ether oxygens (including phenoxy) is 1. The van der Waals surface area contributed by atoms with Crippen LogP contribution < -0.4 is 10.6 Å². The Morgan fingerprint density at radius 3 is 2.83 bits per heavy atom. The maximum Gasteiger partial charge on any atom is 0.129 e. The molecule has 0 heterocycles. The fourth-order valence-corrected chi connectivity index (χ4v) is 0.878. The van der Waals surface area contributed by atoms with Gasteiger partial charge in [0.15, 0.2) is 0 Å². The highest BCUT2D eigenvalue weighted by Gasteiger charge is 2.02. The molecule has 0 bridgehead atoms. The number of hydrogen-bond donors (Lipinski definition) is 1. The van der Waals surface area contributed by atoms with Crippen LogP contribution in [0.25, 0.3) is 0 Å². The summed E-state index contributed by atoms with van der Waals surface area (Å²) in [4.78, 5) is 4.31. The van der Waals surface area contributed by atoms with Crippen molar-refractivity contribution in [2.45, 2.75) is 6.61 Å². The third-order valence-corrected chi connectivity index (χ3v) is 1.49. The zero-order valence-corrected chi connectivity index (χ0v) is 6.71. The molecule has 3 nitrogen and oxygen atoms in total. The first-order chi connectivity index (χ1) is 5.77. The summed E-state index contributed by atoms with van der Waals surface area (Å²) in [6.45, 7) is 0.0447. The van der Waals surface area contributed by atoms with Crippen LogP contribution in [0.1, 0.15) is 5.56 Å². The second kappa shape index (κ2) is 4.04. The molecule has 0 aliphatic carbocycles. The van der Waals surface area contributed by atoms with Gasteiger partial charge in [-0.3, -0.25) is 4.84 Å². The van der Waals surface area contributed by atoms with Gasteiger partial charge in [0.2, 0.25) is 0 Å². The van der Waals surface area contributed by atoms with Crippen LogP contribution >= 0.6 is 0 Å². The van der Waals surface area contributed by atoms with Gasteiger partial charge in [0, 0.05) is 5.56 Å². The standard InChI is InChI=1S/C8H10FNO2/c1-11-7-2-3-8(9)6(4-7)5-12-10/h2-4H,5,10H2,1H3. The number of hydrogen-bond acceptors (Lipinski definition) is 3. The Morgan fingerprint density at radius 2 is 2.25 bits per heavy atom. The van der Waals surface area contributed by atoms with Crippen molar-refractivity contribution < 1.29 is 14.0 Å². The van der Waals surface area contributed by atoms with Crippen LogP contribution in [0.15, 0.2) is 18.2 Å². The molecule has 12 heavy (non-hydrogen) atoms. The summed E-state index contributed by atoms with van der Waals surface area (Å²) in [5, 5.41) is 0. The first-order valence-electron chi connectivity index (χ1n) is 3.42. The fourth-order valence-electron chi connectivity index (χ4n) is 0.878. The third-order valence-electron chi connectivity index (χ3n) is 1.49. The van der Waals surface area contributed by atoms with E-state index in [1.165, 1.54) is 19.2 Å². The van der Waals surface area contributed by atoms with E-state index in [9.17, 15) is 4.39 Å². The lowest BCUT2D eigenvalue weighted by Gasteiger charge is -2.03. The van der Waals surface area contributed by atoms with Crippen LogP contribution in [0.2, 0.25) is 0 Å². The van der Waals surface area contributed by atoms with E-state index >= 15 is 0 Å². The predicted octanol–water partition coefficient (Wildman–Crippen LogP) is 1.22. The molecule has 0 radical (unpaired) electrons. The summed E-state index contributed by atoms with van der Waals surface area (Å²) in [7, 11) is 1.51. The van der Waals surface area contributed by atoms with Gasteiger partial charge in [-0.2, -0.15) is 0 Å². The highest BCUT2D eigenvalue weighted by Crippen LogP contribution is 2.16. The monoisotopic (exact) mass is 171 g/mol. The minimum atomic E-state index is -0.346. The van der Waals surface area contributed by atoms with Crippen LogP contribution in [0.3, 0.4) is 0 Å². The van der Waals surface area contributed by atoms with Crippen LogP contribution in [-0.4, -0.2) is 7.11 Å². The van der Waals surface area contributed by atoms with E-state index in [0.717, 1.165) is 0 Å². The quantitative estimate of drug-likeness (QED) is 0.695. The largest absolute Gasteiger partial charge is 0.497 e. The van der Waals surface area contributed by atoms with E-state index in [1.807, 2.05) is 0 Å². The first kappa shape index (κ1) is 8.96. The molecule has 0 saturated carbocycles. The molecule has 0 aliphatic heterocycles. The van der Waals surface area contributed by atoms with Crippen molar-refractivity contribution in [2.24, 2.45) is 5.90 Å². The molecule has 0 unspecified atom stereocenters. The number of benzene rings is 1. The van der Waals surface area contributed by atoms with Crippen molar-refractivity contribution in [1.82, 2.24) is 0 Å². The highest BCUT2D eigenvalue weighted by molar-refractivity contribution is 5.29. The van der Waals surface area contributed by atoms with Gasteiger partial charge in [-0.25, -0.2) is 10.3 Å². The van der Waals surface area contributed by atoms with Gasteiger partial charge in [0.05, 0.1) is 13.7 Å². The van der Waals surface area contributed by atoms with E-state index in [4.69, 9.17) is 10.6 Å². The Labute approximate surface area is 69.8 Å². The lowest BCUT2D eigenvalue weighted by molar-refractivity contribution is 0.121. The minimum absolute atomic E-state index is 0.0447. The van der Waals surface area contributed by atoms with Gasteiger partial charge in [-0.05, 0) is 18.2 Å². The summed E-state index contributed by atoms with van der Waals surface area (Å²) in [5.74, 6) is 5.05. The van der Waals surface area contributed by atoms with Crippen molar-refractivity contribution >= 4 is 0 Å². The third kappa shape index (κ3) is 1.93. The minimum Gasteiger partial charge on any atom is -0.497 e. The Bertz CT molecular complexity index is 265. The molecule has 1 rings (SSSR count). The normalized spacial score (nSPS) is 9.92. The summed E-state index contributed by atoms with van der Waals surface area (Å²) >= 11 is 0. The summed E-state index contributed by atoms with van der Waals surface area (Å²) in [5.41, 5.74) is 0.386. The molecule has 0 atom stereocenters. The van der Waals surface area contributed by atoms with Crippen LogP contribution in [0.5, 0.6) is 5.75 Å². The fraction of sp³-hybridized carbons (Fsp3) is 0.250. The SMILES string of the molecule is COc1ccc(F)c(CON)c1. The zero-order chi connectivity index (χ0) is 8.97. The van der Waals surface area contributed by atoms with Crippen molar-refractivity contribution in [2.75, 3.05) is 7.11 Å². The molecule has 1 aromatic carbocycles. The van der Waals surface area contributed by atoms with Crippen LogP contribution in [0.4, 0.5) is 4.39 Å². The topological polar surface area (TPSA) is 44.5 Å². The molecule has 1 aromatic rings. The first-order valence-corrected chi connectivity index (χ1v) is 3.42. The molecule has 0 amide bonds. The Hall–Kier alpha value is -1.13. The van der Waals surface area contributed by atoms with E-state index < -0.39 is 0 Å². The number of rotatable bonds is 3. The van der Waals surface area contributed by atoms with Crippen molar-refractivity contribution in [3.63, 3.8) is 0 Å². The van der Waals surface area contributed by atoms with Crippen molar-refractivity contribution in [1.29, 1.82) is 0 Å². The van der Waals surface area contributed by atoms with E-state index in [-0.39, 0.29) is 12.4 Å². The van der Waals surface area contributed by atoms with Gasteiger partial charge in [-0.1, -0.05) is 0 Å². The Kier molecular flexibility index (Phi) is 3.01. The molecule has 0 aliphatic rings. The van der Waals surface area contributed by atoms with Crippen molar-refractivity contribution in [3.8, 4) is 5.75 Å². The second-order valence-corrected chi connectivity index (χ2v) is 2.27. The molecular formula is C8H10FNO2. The van der Waals surface area contributed by atoms with Crippen molar-refractivity contribution in [3.05, 3.63) is 29.6 Å². The highest BCUT2D eigenvalue weighted by atomic mass is 19.1. The van der Waals surface area contributed by atoms with Gasteiger partial charge in [0.25, 0.3) is 0 Å². The maximum absolute atomic E-state index is 12.9. The number of halogens is 1. The molecule has 4 heteroatoms. The summed E-state index contributed by atoms with van der Waals surface area (Å²) < 4.78 is 17.8. The Balaban J connectivity index is 2.91. The van der Waals surface area contributed by atoms with Crippen LogP contribution in [-0.2, 0) is 11.4 Å². The molecule has 2 N–H and O–H groups in total. The summed E-state index contributed by atoms with van der Waals surface area (Å²) in [6, 6.07) is 4.39. The van der Waals surface area contributed by atoms with Gasteiger partial charge in [0.1, 0.15) is 11.6 Å². The lowest BCUT2D eigenvalue weighted by atomic mass is 10.2. The molecule has 0 fully saturated rings. The predicted molar refractivity (Wildman–Crippen MR) is 41.9 cm³/mol. The molecule has 0 saturated heterocycles. The smallest absolute Gasteiger partial charge is 0.129 e. The molecular weight excluding hydrogens is 161 g/mol. The zero-order valence-electron chi connectivity index (χ0n) is 6.71. The van der Waals surface area contributed by atoms with Gasteiger partial charge >= 0.3 is 0 Å².